The van der Waals surface area contributed by atoms with Crippen LogP contribution in [0.5, 0.6) is 0 Å². The van der Waals surface area contributed by atoms with Gasteiger partial charge >= 0.3 is 0 Å². The summed E-state index contributed by atoms with van der Waals surface area (Å²) in [6.07, 6.45) is 3.38. The quantitative estimate of drug-likeness (QED) is 0.693. The number of aromatic nitrogens is 4. The Morgan fingerprint density at radius 1 is 1.15 bits per heavy atom. The summed E-state index contributed by atoms with van der Waals surface area (Å²) >= 11 is 11.5. The van der Waals surface area contributed by atoms with Gasteiger partial charge in [0.1, 0.15) is 12.0 Å². The highest BCUT2D eigenvalue weighted by atomic mass is 35.5. The fourth-order valence-electron chi connectivity index (χ4n) is 1.75. The molecule has 0 fully saturated rings. The van der Waals surface area contributed by atoms with Crippen LogP contribution < -0.4 is 0 Å². The van der Waals surface area contributed by atoms with Crippen LogP contribution in [0.3, 0.4) is 0 Å². The SMILES string of the molecule is ClCc1cn(Cc2coc(-c3ccc(Cl)cc3)n2)nn1. The van der Waals surface area contributed by atoms with E-state index in [1.165, 1.54) is 0 Å². The van der Waals surface area contributed by atoms with E-state index in [1.54, 1.807) is 29.3 Å². The minimum Gasteiger partial charge on any atom is -0.444 e. The van der Waals surface area contributed by atoms with Crippen molar-refractivity contribution in [2.75, 3.05) is 0 Å². The van der Waals surface area contributed by atoms with E-state index in [4.69, 9.17) is 27.6 Å². The van der Waals surface area contributed by atoms with Crippen molar-refractivity contribution in [2.24, 2.45) is 0 Å². The molecule has 0 atom stereocenters. The van der Waals surface area contributed by atoms with Gasteiger partial charge < -0.3 is 4.42 Å². The van der Waals surface area contributed by atoms with Crippen molar-refractivity contribution >= 4 is 23.2 Å². The van der Waals surface area contributed by atoms with Crippen LogP contribution >= 0.6 is 23.2 Å². The fraction of sp³-hybridized carbons (Fsp3) is 0.154. The Labute approximate surface area is 125 Å². The monoisotopic (exact) mass is 308 g/mol. The van der Waals surface area contributed by atoms with Crippen LogP contribution in [0.25, 0.3) is 11.5 Å². The van der Waals surface area contributed by atoms with Crippen LogP contribution in [0.4, 0.5) is 0 Å². The van der Waals surface area contributed by atoms with Gasteiger partial charge in [0.15, 0.2) is 0 Å². The minimum absolute atomic E-state index is 0.342. The highest BCUT2D eigenvalue weighted by molar-refractivity contribution is 6.30. The molecule has 0 N–H and O–H groups in total. The molecule has 2 heterocycles. The maximum Gasteiger partial charge on any atom is 0.226 e. The van der Waals surface area contributed by atoms with E-state index in [0.717, 1.165) is 17.0 Å². The lowest BCUT2D eigenvalue weighted by Crippen LogP contribution is -2.00. The Bertz CT molecular complexity index is 705. The normalized spacial score (nSPS) is 10.9. The molecule has 0 aliphatic rings. The average Bonchev–Trinajstić information content (AvgIpc) is 3.09. The summed E-state index contributed by atoms with van der Waals surface area (Å²) in [5.74, 6) is 0.892. The van der Waals surface area contributed by atoms with Gasteiger partial charge in [0, 0.05) is 10.6 Å². The van der Waals surface area contributed by atoms with Gasteiger partial charge in [0.05, 0.1) is 24.3 Å². The van der Waals surface area contributed by atoms with Gasteiger partial charge in [0.25, 0.3) is 0 Å². The first-order valence-corrected chi connectivity index (χ1v) is 6.81. The summed E-state index contributed by atoms with van der Waals surface area (Å²) in [6, 6.07) is 7.31. The third-order valence-corrected chi connectivity index (χ3v) is 3.22. The van der Waals surface area contributed by atoms with E-state index < -0.39 is 0 Å². The Hall–Kier alpha value is -1.85. The first-order chi connectivity index (χ1) is 9.74. The molecule has 0 aliphatic carbocycles. The second-order valence-corrected chi connectivity index (χ2v) is 4.90. The number of oxazole rings is 1. The first-order valence-electron chi connectivity index (χ1n) is 5.90. The first kappa shape index (κ1) is 13.1. The Balaban J connectivity index is 1.78. The summed E-state index contributed by atoms with van der Waals surface area (Å²) < 4.78 is 7.12. The summed E-state index contributed by atoms with van der Waals surface area (Å²) in [7, 11) is 0. The molecule has 0 saturated carbocycles. The molecule has 0 radical (unpaired) electrons. The third kappa shape index (κ3) is 2.84. The van der Waals surface area contributed by atoms with Crippen molar-refractivity contribution in [1.29, 1.82) is 0 Å². The number of halogens is 2. The Morgan fingerprint density at radius 2 is 1.95 bits per heavy atom. The maximum absolute atomic E-state index is 5.85. The van der Waals surface area contributed by atoms with E-state index in [1.807, 2.05) is 12.1 Å². The van der Waals surface area contributed by atoms with Crippen molar-refractivity contribution in [3.05, 3.63) is 53.1 Å². The standard InChI is InChI=1S/C13H10Cl2N4O/c14-5-11-6-19(18-17-11)7-12-8-20-13(16-12)9-1-3-10(15)4-2-9/h1-4,6,8H,5,7H2. The minimum atomic E-state index is 0.342. The van der Waals surface area contributed by atoms with Gasteiger partial charge in [-0.2, -0.15) is 0 Å². The highest BCUT2D eigenvalue weighted by Gasteiger charge is 2.08. The molecule has 0 spiro atoms. The average molecular weight is 309 g/mol. The molecule has 5 nitrogen and oxygen atoms in total. The summed E-state index contributed by atoms with van der Waals surface area (Å²) in [4.78, 5) is 4.41. The van der Waals surface area contributed by atoms with Gasteiger partial charge in [0.2, 0.25) is 5.89 Å². The molecule has 0 bridgehead atoms. The molecule has 0 amide bonds. The van der Waals surface area contributed by atoms with Crippen molar-refractivity contribution in [2.45, 2.75) is 12.4 Å². The van der Waals surface area contributed by atoms with Gasteiger partial charge in [-0.05, 0) is 24.3 Å². The molecule has 0 aliphatic heterocycles. The van der Waals surface area contributed by atoms with Gasteiger partial charge in [-0.3, -0.25) is 0 Å². The predicted molar refractivity (Wildman–Crippen MR) is 75.6 cm³/mol. The van der Waals surface area contributed by atoms with Crippen molar-refractivity contribution in [1.82, 2.24) is 20.0 Å². The fourth-order valence-corrected chi connectivity index (χ4v) is 2.00. The third-order valence-electron chi connectivity index (χ3n) is 2.69. The summed E-state index contributed by atoms with van der Waals surface area (Å²) in [6.45, 7) is 0.487. The zero-order chi connectivity index (χ0) is 13.9. The number of rotatable bonds is 4. The number of hydrogen-bond donors (Lipinski definition) is 0. The van der Waals surface area contributed by atoms with Crippen LogP contribution in [0.1, 0.15) is 11.4 Å². The molecule has 7 heteroatoms. The molecule has 0 saturated heterocycles. The molecule has 20 heavy (non-hydrogen) atoms. The smallest absolute Gasteiger partial charge is 0.226 e. The lowest BCUT2D eigenvalue weighted by atomic mass is 10.2. The van der Waals surface area contributed by atoms with Crippen molar-refractivity contribution in [3.63, 3.8) is 0 Å². The summed E-state index contributed by atoms with van der Waals surface area (Å²) in [5, 5.41) is 8.55. The zero-order valence-electron chi connectivity index (χ0n) is 10.3. The van der Waals surface area contributed by atoms with Gasteiger partial charge in [-0.1, -0.05) is 16.8 Å². The topological polar surface area (TPSA) is 56.7 Å². The summed E-state index contributed by atoms with van der Waals surface area (Å²) in [5.41, 5.74) is 2.37. The van der Waals surface area contributed by atoms with Crippen LogP contribution in [0.15, 0.2) is 41.1 Å². The number of nitrogens with zero attached hydrogens (tertiary/aromatic N) is 4. The second kappa shape index (κ2) is 5.64. The van der Waals surface area contributed by atoms with E-state index in [0.29, 0.717) is 23.3 Å². The molecule has 3 rings (SSSR count). The van der Waals surface area contributed by atoms with Crippen LogP contribution in [-0.2, 0) is 12.4 Å². The van der Waals surface area contributed by atoms with E-state index in [-0.39, 0.29) is 0 Å². The van der Waals surface area contributed by atoms with Gasteiger partial charge in [-0.25, -0.2) is 9.67 Å². The largest absolute Gasteiger partial charge is 0.444 e. The maximum atomic E-state index is 5.85. The molecule has 1 aromatic carbocycles. The van der Waals surface area contributed by atoms with Crippen molar-refractivity contribution < 1.29 is 4.42 Å². The Kier molecular flexibility index (Phi) is 3.71. The lowest BCUT2D eigenvalue weighted by molar-refractivity contribution is 0.568. The molecule has 0 unspecified atom stereocenters. The molecular weight excluding hydrogens is 299 g/mol. The predicted octanol–water partition coefficient (Wildman–Crippen LogP) is 3.37. The second-order valence-electron chi connectivity index (χ2n) is 4.19. The van der Waals surface area contributed by atoms with E-state index in [2.05, 4.69) is 15.3 Å². The number of hydrogen-bond acceptors (Lipinski definition) is 4. The van der Waals surface area contributed by atoms with Crippen molar-refractivity contribution in [3.8, 4) is 11.5 Å². The number of alkyl halides is 1. The van der Waals surface area contributed by atoms with E-state index >= 15 is 0 Å². The van der Waals surface area contributed by atoms with E-state index in [9.17, 15) is 0 Å². The lowest BCUT2D eigenvalue weighted by Gasteiger charge is -1.95. The highest BCUT2D eigenvalue weighted by Crippen LogP contribution is 2.21. The molecule has 3 aromatic rings. The van der Waals surface area contributed by atoms with Crippen LogP contribution in [0.2, 0.25) is 5.02 Å². The molecule has 102 valence electrons. The Morgan fingerprint density at radius 3 is 2.65 bits per heavy atom. The molecule has 2 aromatic heterocycles. The van der Waals surface area contributed by atoms with Gasteiger partial charge in [-0.15, -0.1) is 16.7 Å². The zero-order valence-corrected chi connectivity index (χ0v) is 11.8. The van der Waals surface area contributed by atoms with Crippen LogP contribution in [-0.4, -0.2) is 20.0 Å². The van der Waals surface area contributed by atoms with Crippen LogP contribution in [0, 0.1) is 0 Å². The molecular formula is C13H10Cl2N4O. The number of benzene rings is 1.